The lowest BCUT2D eigenvalue weighted by Gasteiger charge is -2.24. The van der Waals surface area contributed by atoms with Crippen LogP contribution in [0, 0.1) is 5.92 Å². The van der Waals surface area contributed by atoms with E-state index in [-0.39, 0.29) is 11.6 Å². The van der Waals surface area contributed by atoms with Crippen LogP contribution in [0.25, 0.3) is 0 Å². The molecule has 2 rings (SSSR count). The van der Waals surface area contributed by atoms with Crippen molar-refractivity contribution in [3.05, 3.63) is 23.3 Å². The van der Waals surface area contributed by atoms with E-state index in [1.165, 1.54) is 25.3 Å². The zero-order chi connectivity index (χ0) is 10.8. The molecule has 0 bridgehead atoms. The second-order valence-corrected chi connectivity index (χ2v) is 4.49. The topological polar surface area (TPSA) is 34.1 Å². The van der Waals surface area contributed by atoms with Gasteiger partial charge in [0.2, 0.25) is 0 Å². The van der Waals surface area contributed by atoms with Gasteiger partial charge >= 0.3 is 0 Å². The van der Waals surface area contributed by atoms with Gasteiger partial charge in [0.25, 0.3) is 0 Å². The zero-order valence-electron chi connectivity index (χ0n) is 9.08. The smallest absolute Gasteiger partial charge is 0.185 e. The summed E-state index contributed by atoms with van der Waals surface area (Å²) in [6, 6.07) is 0. The van der Waals surface area contributed by atoms with Gasteiger partial charge in [0, 0.05) is 11.1 Å². The van der Waals surface area contributed by atoms with Crippen LogP contribution in [0.3, 0.4) is 0 Å². The maximum atomic E-state index is 11.9. The van der Waals surface area contributed by atoms with E-state index in [2.05, 4.69) is 0 Å². The van der Waals surface area contributed by atoms with Crippen molar-refractivity contribution in [2.75, 3.05) is 0 Å². The van der Waals surface area contributed by atoms with E-state index in [0.717, 1.165) is 18.4 Å². The molecule has 0 aliphatic heterocycles. The normalized spacial score (nSPS) is 23.8. The van der Waals surface area contributed by atoms with Crippen LogP contribution in [0.15, 0.2) is 23.3 Å². The molecule has 1 saturated carbocycles. The standard InChI is InChI=1S/C13H16O2/c1-9-7-11(14)8-12(13(9)15)10-5-3-2-4-6-10/h7-8,10H,2-6H2,1H3. The maximum Gasteiger partial charge on any atom is 0.185 e. The van der Waals surface area contributed by atoms with E-state index in [1.807, 2.05) is 0 Å². The highest BCUT2D eigenvalue weighted by atomic mass is 16.1. The lowest BCUT2D eigenvalue weighted by atomic mass is 9.79. The Balaban J connectivity index is 2.20. The molecule has 0 saturated heterocycles. The second-order valence-electron chi connectivity index (χ2n) is 4.49. The van der Waals surface area contributed by atoms with Crippen molar-refractivity contribution in [3.63, 3.8) is 0 Å². The molecular weight excluding hydrogens is 188 g/mol. The number of Topliss-reactive ketones (excluding diaryl/α,β-unsaturated/α-hetero) is 1. The molecule has 0 aromatic carbocycles. The first-order valence-corrected chi connectivity index (χ1v) is 5.67. The van der Waals surface area contributed by atoms with Crippen LogP contribution >= 0.6 is 0 Å². The highest BCUT2D eigenvalue weighted by molar-refractivity contribution is 6.20. The Morgan fingerprint density at radius 2 is 1.73 bits per heavy atom. The van der Waals surface area contributed by atoms with Gasteiger partial charge in [-0.15, -0.1) is 0 Å². The fourth-order valence-electron chi connectivity index (χ4n) is 2.48. The van der Waals surface area contributed by atoms with Gasteiger partial charge in [-0.25, -0.2) is 0 Å². The molecule has 0 spiro atoms. The van der Waals surface area contributed by atoms with Crippen LogP contribution in [0.4, 0.5) is 0 Å². The predicted octanol–water partition coefficient (Wildman–Crippen LogP) is 2.59. The first kappa shape index (κ1) is 10.3. The summed E-state index contributed by atoms with van der Waals surface area (Å²) in [5.41, 5.74) is 1.36. The van der Waals surface area contributed by atoms with Crippen molar-refractivity contribution in [1.82, 2.24) is 0 Å². The van der Waals surface area contributed by atoms with Gasteiger partial charge in [0.1, 0.15) is 0 Å². The summed E-state index contributed by atoms with van der Waals surface area (Å²) in [7, 11) is 0. The van der Waals surface area contributed by atoms with Gasteiger partial charge < -0.3 is 0 Å². The summed E-state index contributed by atoms with van der Waals surface area (Å²) in [6.07, 6.45) is 8.76. The van der Waals surface area contributed by atoms with Crippen molar-refractivity contribution in [1.29, 1.82) is 0 Å². The fourth-order valence-corrected chi connectivity index (χ4v) is 2.48. The molecule has 0 aromatic heterocycles. The molecule has 0 radical (unpaired) electrons. The molecule has 2 nitrogen and oxygen atoms in total. The highest BCUT2D eigenvalue weighted by Gasteiger charge is 2.26. The third-order valence-electron chi connectivity index (χ3n) is 3.32. The van der Waals surface area contributed by atoms with Crippen molar-refractivity contribution in [2.45, 2.75) is 39.0 Å². The Morgan fingerprint density at radius 3 is 2.40 bits per heavy atom. The van der Waals surface area contributed by atoms with Crippen molar-refractivity contribution >= 4 is 11.6 Å². The molecule has 0 heterocycles. The van der Waals surface area contributed by atoms with E-state index < -0.39 is 0 Å². The molecule has 2 aliphatic rings. The number of allylic oxidation sites excluding steroid dienone is 4. The van der Waals surface area contributed by atoms with Gasteiger partial charge in [-0.05, 0) is 37.8 Å². The van der Waals surface area contributed by atoms with Gasteiger partial charge in [0.05, 0.1) is 0 Å². The minimum atomic E-state index is -0.0207. The Morgan fingerprint density at radius 1 is 1.07 bits per heavy atom. The van der Waals surface area contributed by atoms with E-state index in [9.17, 15) is 9.59 Å². The lowest BCUT2D eigenvalue weighted by molar-refractivity contribution is -0.115. The Bertz CT molecular complexity index is 355. The lowest BCUT2D eigenvalue weighted by Crippen LogP contribution is -2.21. The number of carbonyl (C=O) groups excluding carboxylic acids is 2. The molecule has 2 heteroatoms. The number of hydrogen-bond acceptors (Lipinski definition) is 2. The molecular formula is C13H16O2. The molecule has 0 unspecified atom stereocenters. The highest BCUT2D eigenvalue weighted by Crippen LogP contribution is 2.32. The summed E-state index contributed by atoms with van der Waals surface area (Å²) in [6.45, 7) is 1.73. The van der Waals surface area contributed by atoms with E-state index in [4.69, 9.17) is 0 Å². The quantitative estimate of drug-likeness (QED) is 0.615. The fraction of sp³-hybridized carbons (Fsp3) is 0.538. The third kappa shape index (κ3) is 2.09. The third-order valence-corrected chi connectivity index (χ3v) is 3.32. The number of ketones is 2. The SMILES string of the molecule is CC1=CC(=O)C=C(C2CCCCC2)C1=O. The zero-order valence-corrected chi connectivity index (χ0v) is 9.08. The summed E-state index contributed by atoms with van der Waals surface area (Å²) >= 11 is 0. The van der Waals surface area contributed by atoms with Crippen LogP contribution in [0.5, 0.6) is 0 Å². The van der Waals surface area contributed by atoms with E-state index >= 15 is 0 Å². The van der Waals surface area contributed by atoms with E-state index in [1.54, 1.807) is 13.0 Å². The minimum absolute atomic E-state index is 0.0207. The Hall–Kier alpha value is -1.18. The number of rotatable bonds is 1. The monoisotopic (exact) mass is 204 g/mol. The van der Waals surface area contributed by atoms with Gasteiger partial charge in [-0.1, -0.05) is 19.3 Å². The molecule has 1 fully saturated rings. The van der Waals surface area contributed by atoms with Crippen LogP contribution in [-0.4, -0.2) is 11.6 Å². The van der Waals surface area contributed by atoms with Crippen molar-refractivity contribution in [2.24, 2.45) is 5.92 Å². The maximum absolute atomic E-state index is 11.9. The van der Waals surface area contributed by atoms with Crippen LogP contribution in [-0.2, 0) is 9.59 Å². The summed E-state index contributed by atoms with van der Waals surface area (Å²) < 4.78 is 0. The molecule has 15 heavy (non-hydrogen) atoms. The van der Waals surface area contributed by atoms with Gasteiger partial charge in [0.15, 0.2) is 11.6 Å². The minimum Gasteiger partial charge on any atom is -0.290 e. The summed E-state index contributed by atoms with van der Waals surface area (Å²) in [5.74, 6) is 0.396. The van der Waals surface area contributed by atoms with Crippen molar-refractivity contribution in [3.8, 4) is 0 Å². The Labute approximate surface area is 90.1 Å². The molecule has 0 aromatic rings. The molecule has 0 atom stereocenters. The summed E-state index contributed by atoms with van der Waals surface area (Å²) in [5, 5.41) is 0. The second kappa shape index (κ2) is 4.13. The average Bonchev–Trinajstić information content (AvgIpc) is 2.24. The molecule has 0 amide bonds. The average molecular weight is 204 g/mol. The van der Waals surface area contributed by atoms with Crippen LogP contribution in [0.2, 0.25) is 0 Å². The first-order chi connectivity index (χ1) is 7.18. The molecule has 0 N–H and O–H groups in total. The Kier molecular flexibility index (Phi) is 2.85. The van der Waals surface area contributed by atoms with Gasteiger partial charge in [-0.3, -0.25) is 9.59 Å². The van der Waals surface area contributed by atoms with Crippen LogP contribution < -0.4 is 0 Å². The van der Waals surface area contributed by atoms with Crippen molar-refractivity contribution < 1.29 is 9.59 Å². The number of hydrogen-bond donors (Lipinski definition) is 0. The first-order valence-electron chi connectivity index (χ1n) is 5.67. The largest absolute Gasteiger partial charge is 0.290 e. The van der Waals surface area contributed by atoms with Gasteiger partial charge in [-0.2, -0.15) is 0 Å². The van der Waals surface area contributed by atoms with Crippen LogP contribution in [0.1, 0.15) is 39.0 Å². The summed E-state index contributed by atoms with van der Waals surface area (Å²) in [4.78, 5) is 23.2. The number of carbonyl (C=O) groups is 2. The molecule has 80 valence electrons. The van der Waals surface area contributed by atoms with E-state index in [0.29, 0.717) is 11.5 Å². The molecule has 2 aliphatic carbocycles. The predicted molar refractivity (Wildman–Crippen MR) is 58.4 cm³/mol.